The Morgan fingerprint density at radius 3 is 3.05 bits per heavy atom. The highest BCUT2D eigenvalue weighted by molar-refractivity contribution is 5.97. The lowest BCUT2D eigenvalue weighted by molar-refractivity contribution is -0.00311. The summed E-state index contributed by atoms with van der Waals surface area (Å²) in [7, 11) is 0. The standard InChI is InChI=1S/C18H22N2O2/c1-2-20(13-16-7-3-4-11-22-16)18(21)15-8-9-17-14(12-15)6-5-10-19-17/h5-6,8-10,12,16H,2-4,7,11,13H2,1H3. The van der Waals surface area contributed by atoms with Crippen molar-refractivity contribution in [1.82, 2.24) is 9.88 Å². The van der Waals surface area contributed by atoms with Gasteiger partial charge in [-0.2, -0.15) is 0 Å². The average Bonchev–Trinajstić information content (AvgIpc) is 2.59. The number of hydrogen-bond donors (Lipinski definition) is 0. The molecule has 1 aromatic heterocycles. The van der Waals surface area contributed by atoms with Gasteiger partial charge in [-0.05, 0) is 50.5 Å². The van der Waals surface area contributed by atoms with Crippen molar-refractivity contribution in [1.29, 1.82) is 0 Å². The van der Waals surface area contributed by atoms with Crippen LogP contribution in [-0.2, 0) is 4.74 Å². The summed E-state index contributed by atoms with van der Waals surface area (Å²) in [6, 6.07) is 9.58. The van der Waals surface area contributed by atoms with E-state index in [1.807, 2.05) is 42.2 Å². The Morgan fingerprint density at radius 1 is 1.36 bits per heavy atom. The number of benzene rings is 1. The Morgan fingerprint density at radius 2 is 2.27 bits per heavy atom. The van der Waals surface area contributed by atoms with Gasteiger partial charge in [0.05, 0.1) is 11.6 Å². The van der Waals surface area contributed by atoms with Crippen LogP contribution in [0.3, 0.4) is 0 Å². The SMILES string of the molecule is CCN(CC1CCCCO1)C(=O)c1ccc2ncccc2c1. The average molecular weight is 298 g/mol. The molecular formula is C18H22N2O2. The Balaban J connectivity index is 1.76. The first kappa shape index (κ1) is 15.0. The van der Waals surface area contributed by atoms with E-state index >= 15 is 0 Å². The Kier molecular flexibility index (Phi) is 4.68. The molecule has 3 rings (SSSR count). The van der Waals surface area contributed by atoms with Crippen molar-refractivity contribution < 1.29 is 9.53 Å². The maximum atomic E-state index is 12.7. The molecule has 1 amide bonds. The molecule has 0 N–H and O–H groups in total. The quantitative estimate of drug-likeness (QED) is 0.870. The van der Waals surface area contributed by atoms with E-state index in [0.717, 1.165) is 35.9 Å². The number of carbonyl (C=O) groups excluding carboxylic acids is 1. The molecule has 1 unspecified atom stereocenters. The van der Waals surface area contributed by atoms with Gasteiger partial charge >= 0.3 is 0 Å². The number of amides is 1. The molecular weight excluding hydrogens is 276 g/mol. The minimum absolute atomic E-state index is 0.0717. The number of likely N-dealkylation sites (N-methyl/N-ethyl adjacent to an activating group) is 1. The Labute approximate surface area is 131 Å². The second-order valence-corrected chi connectivity index (χ2v) is 5.74. The largest absolute Gasteiger partial charge is 0.376 e. The van der Waals surface area contributed by atoms with Gasteiger partial charge in [0.25, 0.3) is 5.91 Å². The van der Waals surface area contributed by atoms with E-state index in [2.05, 4.69) is 4.98 Å². The molecule has 1 fully saturated rings. The molecule has 0 aliphatic carbocycles. The van der Waals surface area contributed by atoms with Crippen LogP contribution in [0.15, 0.2) is 36.5 Å². The molecule has 1 atom stereocenters. The number of pyridine rings is 1. The van der Waals surface area contributed by atoms with Crippen LogP contribution in [0.2, 0.25) is 0 Å². The minimum atomic E-state index is 0.0717. The normalized spacial score (nSPS) is 18.3. The molecule has 0 spiro atoms. The predicted molar refractivity (Wildman–Crippen MR) is 86.9 cm³/mol. The predicted octanol–water partition coefficient (Wildman–Crippen LogP) is 3.27. The van der Waals surface area contributed by atoms with Gasteiger partial charge in [0.2, 0.25) is 0 Å². The summed E-state index contributed by atoms with van der Waals surface area (Å²) in [6.07, 6.45) is 5.32. The molecule has 2 heterocycles. The van der Waals surface area contributed by atoms with Crippen LogP contribution in [0.1, 0.15) is 36.5 Å². The highest BCUT2D eigenvalue weighted by Gasteiger charge is 2.21. The molecule has 22 heavy (non-hydrogen) atoms. The van der Waals surface area contributed by atoms with E-state index < -0.39 is 0 Å². The van der Waals surface area contributed by atoms with Crippen molar-refractivity contribution in [3.8, 4) is 0 Å². The van der Waals surface area contributed by atoms with Crippen molar-refractivity contribution in [2.75, 3.05) is 19.7 Å². The lowest BCUT2D eigenvalue weighted by atomic mass is 10.1. The van der Waals surface area contributed by atoms with Gasteiger partial charge in [-0.3, -0.25) is 9.78 Å². The van der Waals surface area contributed by atoms with Crippen LogP contribution in [0, 0.1) is 0 Å². The number of hydrogen-bond acceptors (Lipinski definition) is 3. The minimum Gasteiger partial charge on any atom is -0.376 e. The van der Waals surface area contributed by atoms with E-state index in [1.54, 1.807) is 6.20 Å². The zero-order chi connectivity index (χ0) is 15.4. The molecule has 1 aromatic carbocycles. The summed E-state index contributed by atoms with van der Waals surface area (Å²) in [4.78, 5) is 18.9. The summed E-state index contributed by atoms with van der Waals surface area (Å²) < 4.78 is 5.76. The monoisotopic (exact) mass is 298 g/mol. The van der Waals surface area contributed by atoms with Crippen molar-refractivity contribution in [2.24, 2.45) is 0 Å². The third-order valence-electron chi connectivity index (χ3n) is 4.22. The van der Waals surface area contributed by atoms with Crippen molar-refractivity contribution in [3.05, 3.63) is 42.1 Å². The van der Waals surface area contributed by atoms with Crippen LogP contribution >= 0.6 is 0 Å². The van der Waals surface area contributed by atoms with Gasteiger partial charge in [-0.15, -0.1) is 0 Å². The zero-order valence-corrected chi connectivity index (χ0v) is 13.0. The Bertz CT molecular complexity index is 650. The number of carbonyl (C=O) groups is 1. The van der Waals surface area contributed by atoms with Gasteiger partial charge < -0.3 is 9.64 Å². The van der Waals surface area contributed by atoms with Crippen molar-refractivity contribution >= 4 is 16.8 Å². The lowest BCUT2D eigenvalue weighted by Crippen LogP contribution is -2.39. The number of fused-ring (bicyclic) bond motifs is 1. The molecule has 1 aliphatic heterocycles. The smallest absolute Gasteiger partial charge is 0.253 e. The van der Waals surface area contributed by atoms with E-state index in [9.17, 15) is 4.79 Å². The first-order valence-electron chi connectivity index (χ1n) is 8.03. The molecule has 0 radical (unpaired) electrons. The first-order chi connectivity index (χ1) is 10.8. The van der Waals surface area contributed by atoms with Crippen LogP contribution < -0.4 is 0 Å². The van der Waals surface area contributed by atoms with E-state index in [4.69, 9.17) is 4.74 Å². The fourth-order valence-electron chi connectivity index (χ4n) is 2.94. The van der Waals surface area contributed by atoms with Gasteiger partial charge in [-0.25, -0.2) is 0 Å². The van der Waals surface area contributed by atoms with Gasteiger partial charge in [0, 0.05) is 36.8 Å². The van der Waals surface area contributed by atoms with Crippen molar-refractivity contribution in [2.45, 2.75) is 32.3 Å². The van der Waals surface area contributed by atoms with Crippen LogP contribution in [-0.4, -0.2) is 41.6 Å². The fraction of sp³-hybridized carbons (Fsp3) is 0.444. The molecule has 1 saturated heterocycles. The second kappa shape index (κ2) is 6.88. The van der Waals surface area contributed by atoms with E-state index in [-0.39, 0.29) is 12.0 Å². The lowest BCUT2D eigenvalue weighted by Gasteiger charge is -2.29. The second-order valence-electron chi connectivity index (χ2n) is 5.74. The highest BCUT2D eigenvalue weighted by atomic mass is 16.5. The van der Waals surface area contributed by atoms with Crippen molar-refractivity contribution in [3.63, 3.8) is 0 Å². The van der Waals surface area contributed by atoms with Crippen LogP contribution in [0.25, 0.3) is 10.9 Å². The van der Waals surface area contributed by atoms with E-state index in [0.29, 0.717) is 13.1 Å². The molecule has 116 valence electrons. The summed E-state index contributed by atoms with van der Waals surface area (Å²) >= 11 is 0. The molecule has 4 heteroatoms. The highest BCUT2D eigenvalue weighted by Crippen LogP contribution is 2.18. The maximum absolute atomic E-state index is 12.7. The van der Waals surface area contributed by atoms with Crippen LogP contribution in [0.4, 0.5) is 0 Å². The van der Waals surface area contributed by atoms with Gasteiger partial charge in [0.1, 0.15) is 0 Å². The molecule has 4 nitrogen and oxygen atoms in total. The summed E-state index contributed by atoms with van der Waals surface area (Å²) in [5.74, 6) is 0.0717. The third-order valence-corrected chi connectivity index (χ3v) is 4.22. The van der Waals surface area contributed by atoms with Crippen LogP contribution in [0.5, 0.6) is 0 Å². The summed E-state index contributed by atoms with van der Waals surface area (Å²) in [6.45, 7) is 4.21. The molecule has 0 bridgehead atoms. The van der Waals surface area contributed by atoms with Gasteiger partial charge in [0.15, 0.2) is 0 Å². The zero-order valence-electron chi connectivity index (χ0n) is 13.0. The number of aromatic nitrogens is 1. The van der Waals surface area contributed by atoms with Gasteiger partial charge in [-0.1, -0.05) is 6.07 Å². The molecule has 2 aromatic rings. The summed E-state index contributed by atoms with van der Waals surface area (Å²) in [5, 5.41) is 0.998. The number of ether oxygens (including phenoxy) is 1. The van der Waals surface area contributed by atoms with E-state index in [1.165, 1.54) is 6.42 Å². The number of rotatable bonds is 4. The molecule has 1 aliphatic rings. The summed E-state index contributed by atoms with van der Waals surface area (Å²) in [5.41, 5.74) is 1.64. The third kappa shape index (κ3) is 3.28. The molecule has 0 saturated carbocycles. The Hall–Kier alpha value is -1.94. The number of nitrogens with zero attached hydrogens (tertiary/aromatic N) is 2. The first-order valence-corrected chi connectivity index (χ1v) is 8.03. The maximum Gasteiger partial charge on any atom is 0.253 e. The fourth-order valence-corrected chi connectivity index (χ4v) is 2.94. The topological polar surface area (TPSA) is 42.4 Å².